The van der Waals surface area contributed by atoms with E-state index in [1.165, 1.54) is 4.68 Å². The van der Waals surface area contributed by atoms with Gasteiger partial charge in [0, 0.05) is 13.0 Å². The fraction of sp³-hybridized carbons (Fsp3) is 0.667. The molecule has 1 heterocycles. The Balaban J connectivity index is 2.78. The Morgan fingerprint density at radius 2 is 2.38 bits per heavy atom. The summed E-state index contributed by atoms with van der Waals surface area (Å²) in [6, 6.07) is 0. The van der Waals surface area contributed by atoms with Crippen LogP contribution in [0.3, 0.4) is 0 Å². The van der Waals surface area contributed by atoms with E-state index in [1.807, 2.05) is 6.92 Å². The van der Waals surface area contributed by atoms with Gasteiger partial charge in [-0.15, -0.1) is 5.10 Å². The SMILES string of the molecule is CCOCCn1nnc(C(=O)O)c1CCN. The molecule has 0 aliphatic heterocycles. The fourth-order valence-electron chi connectivity index (χ4n) is 1.36. The third kappa shape index (κ3) is 3.01. The topological polar surface area (TPSA) is 103 Å². The Labute approximate surface area is 93.2 Å². The molecule has 0 saturated carbocycles. The lowest BCUT2D eigenvalue weighted by atomic mass is 10.2. The van der Waals surface area contributed by atoms with Crippen LogP contribution in [0.4, 0.5) is 0 Å². The molecule has 1 aromatic rings. The van der Waals surface area contributed by atoms with Crippen LogP contribution in [0, 0.1) is 0 Å². The lowest BCUT2D eigenvalue weighted by Crippen LogP contribution is -2.15. The lowest BCUT2D eigenvalue weighted by Gasteiger charge is -2.05. The number of hydrogen-bond acceptors (Lipinski definition) is 5. The van der Waals surface area contributed by atoms with Crippen molar-refractivity contribution in [1.82, 2.24) is 15.0 Å². The number of aromatic nitrogens is 3. The minimum Gasteiger partial charge on any atom is -0.476 e. The smallest absolute Gasteiger partial charge is 0.358 e. The third-order valence-corrected chi connectivity index (χ3v) is 2.07. The van der Waals surface area contributed by atoms with E-state index in [9.17, 15) is 4.79 Å². The molecule has 0 atom stereocenters. The number of aromatic carboxylic acids is 1. The van der Waals surface area contributed by atoms with Gasteiger partial charge in [0.15, 0.2) is 5.69 Å². The number of hydrogen-bond donors (Lipinski definition) is 2. The minimum absolute atomic E-state index is 0.0260. The minimum atomic E-state index is -1.08. The van der Waals surface area contributed by atoms with Crippen molar-refractivity contribution in [2.45, 2.75) is 19.9 Å². The van der Waals surface area contributed by atoms with Crippen molar-refractivity contribution >= 4 is 5.97 Å². The van der Waals surface area contributed by atoms with Gasteiger partial charge in [0.25, 0.3) is 0 Å². The quantitative estimate of drug-likeness (QED) is 0.610. The normalized spacial score (nSPS) is 10.6. The highest BCUT2D eigenvalue weighted by Gasteiger charge is 2.17. The van der Waals surface area contributed by atoms with Gasteiger partial charge in [0.2, 0.25) is 0 Å². The summed E-state index contributed by atoms with van der Waals surface area (Å²) in [5, 5.41) is 16.3. The lowest BCUT2D eigenvalue weighted by molar-refractivity contribution is 0.0689. The molecule has 0 bridgehead atoms. The van der Waals surface area contributed by atoms with Crippen LogP contribution in [-0.2, 0) is 17.7 Å². The largest absolute Gasteiger partial charge is 0.476 e. The molecule has 0 aliphatic carbocycles. The van der Waals surface area contributed by atoms with Crippen LogP contribution in [0.1, 0.15) is 23.1 Å². The zero-order chi connectivity index (χ0) is 12.0. The number of rotatable bonds is 7. The predicted molar refractivity (Wildman–Crippen MR) is 56.2 cm³/mol. The number of ether oxygens (including phenoxy) is 1. The molecule has 16 heavy (non-hydrogen) atoms. The third-order valence-electron chi connectivity index (χ3n) is 2.07. The Morgan fingerprint density at radius 1 is 1.62 bits per heavy atom. The van der Waals surface area contributed by atoms with Crippen molar-refractivity contribution in [1.29, 1.82) is 0 Å². The summed E-state index contributed by atoms with van der Waals surface area (Å²) in [7, 11) is 0. The highest BCUT2D eigenvalue weighted by molar-refractivity contribution is 5.86. The predicted octanol–water partition coefficient (Wildman–Crippen LogP) is -0.486. The van der Waals surface area contributed by atoms with E-state index in [-0.39, 0.29) is 5.69 Å². The molecule has 0 aromatic carbocycles. The molecule has 0 spiro atoms. The Bertz CT molecular complexity index is 351. The molecule has 0 aliphatic rings. The molecule has 90 valence electrons. The van der Waals surface area contributed by atoms with Crippen molar-refractivity contribution < 1.29 is 14.6 Å². The molecule has 7 heteroatoms. The van der Waals surface area contributed by atoms with E-state index in [4.69, 9.17) is 15.6 Å². The van der Waals surface area contributed by atoms with Crippen molar-refractivity contribution in [3.05, 3.63) is 11.4 Å². The first kappa shape index (κ1) is 12.6. The van der Waals surface area contributed by atoms with Crippen LogP contribution in [0.2, 0.25) is 0 Å². The first-order valence-corrected chi connectivity index (χ1v) is 5.14. The van der Waals surface area contributed by atoms with Crippen LogP contribution in [0.5, 0.6) is 0 Å². The van der Waals surface area contributed by atoms with Crippen molar-refractivity contribution in [2.75, 3.05) is 19.8 Å². The number of nitrogens with two attached hydrogens (primary N) is 1. The standard InChI is InChI=1S/C9H16N4O3/c1-2-16-6-5-13-7(3-4-10)8(9(14)15)11-12-13/h2-6,10H2,1H3,(H,14,15). The van der Waals surface area contributed by atoms with E-state index in [1.54, 1.807) is 0 Å². The van der Waals surface area contributed by atoms with Crippen molar-refractivity contribution in [3.63, 3.8) is 0 Å². The average Bonchev–Trinajstić information content (AvgIpc) is 2.63. The van der Waals surface area contributed by atoms with Gasteiger partial charge in [0.05, 0.1) is 18.8 Å². The van der Waals surface area contributed by atoms with Gasteiger partial charge in [-0.05, 0) is 13.5 Å². The second-order valence-electron chi connectivity index (χ2n) is 3.15. The molecule has 0 saturated heterocycles. The molecular weight excluding hydrogens is 212 g/mol. The van der Waals surface area contributed by atoms with Crippen LogP contribution >= 0.6 is 0 Å². The van der Waals surface area contributed by atoms with Gasteiger partial charge in [-0.1, -0.05) is 5.21 Å². The molecule has 0 radical (unpaired) electrons. The maximum Gasteiger partial charge on any atom is 0.358 e. The maximum atomic E-state index is 10.9. The number of carbonyl (C=O) groups is 1. The van der Waals surface area contributed by atoms with Gasteiger partial charge in [0.1, 0.15) is 0 Å². The first-order valence-electron chi connectivity index (χ1n) is 5.14. The zero-order valence-corrected chi connectivity index (χ0v) is 9.22. The monoisotopic (exact) mass is 228 g/mol. The highest BCUT2D eigenvalue weighted by Crippen LogP contribution is 2.06. The van der Waals surface area contributed by atoms with E-state index < -0.39 is 5.97 Å². The number of carboxylic acid groups (broad SMARTS) is 1. The van der Waals surface area contributed by atoms with Crippen LogP contribution in [-0.4, -0.2) is 45.8 Å². The summed E-state index contributed by atoms with van der Waals surface area (Å²) in [5.41, 5.74) is 5.94. The van der Waals surface area contributed by atoms with Gasteiger partial charge >= 0.3 is 5.97 Å². The van der Waals surface area contributed by atoms with E-state index in [2.05, 4.69) is 10.3 Å². The zero-order valence-electron chi connectivity index (χ0n) is 9.22. The molecule has 3 N–H and O–H groups in total. The second kappa shape index (κ2) is 6.19. The Kier molecular flexibility index (Phi) is 4.87. The second-order valence-corrected chi connectivity index (χ2v) is 3.15. The Hall–Kier alpha value is -1.47. The summed E-state index contributed by atoms with van der Waals surface area (Å²) >= 11 is 0. The van der Waals surface area contributed by atoms with Gasteiger partial charge in [-0.2, -0.15) is 0 Å². The number of nitrogens with zero attached hydrogens (tertiary/aromatic N) is 3. The molecule has 7 nitrogen and oxygen atoms in total. The van der Waals surface area contributed by atoms with Crippen LogP contribution < -0.4 is 5.73 Å². The van der Waals surface area contributed by atoms with Gasteiger partial charge in [-0.3, -0.25) is 0 Å². The summed E-state index contributed by atoms with van der Waals surface area (Å²) in [4.78, 5) is 10.9. The van der Waals surface area contributed by atoms with Gasteiger partial charge in [-0.25, -0.2) is 9.48 Å². The molecule has 0 fully saturated rings. The van der Waals surface area contributed by atoms with E-state index >= 15 is 0 Å². The first-order chi connectivity index (χ1) is 7.70. The van der Waals surface area contributed by atoms with Gasteiger partial charge < -0.3 is 15.6 Å². The maximum absolute atomic E-state index is 10.9. The molecule has 1 rings (SSSR count). The highest BCUT2D eigenvalue weighted by atomic mass is 16.5. The average molecular weight is 228 g/mol. The molecular formula is C9H16N4O3. The van der Waals surface area contributed by atoms with E-state index in [0.717, 1.165) is 0 Å². The fourth-order valence-corrected chi connectivity index (χ4v) is 1.36. The molecule has 0 unspecified atom stereocenters. The summed E-state index contributed by atoms with van der Waals surface area (Å²) in [6.45, 7) is 3.85. The van der Waals surface area contributed by atoms with E-state index in [0.29, 0.717) is 38.4 Å². The van der Waals surface area contributed by atoms with Crippen LogP contribution in [0.15, 0.2) is 0 Å². The van der Waals surface area contributed by atoms with Crippen LogP contribution in [0.25, 0.3) is 0 Å². The Morgan fingerprint density at radius 3 is 2.94 bits per heavy atom. The summed E-state index contributed by atoms with van der Waals surface area (Å²) in [6.07, 6.45) is 0.445. The molecule has 1 aromatic heterocycles. The van der Waals surface area contributed by atoms with Crippen molar-refractivity contribution in [2.24, 2.45) is 5.73 Å². The summed E-state index contributed by atoms with van der Waals surface area (Å²) < 4.78 is 6.71. The summed E-state index contributed by atoms with van der Waals surface area (Å²) in [5.74, 6) is -1.08. The molecule has 0 amide bonds. The number of carboxylic acids is 1. The van der Waals surface area contributed by atoms with Crippen molar-refractivity contribution in [3.8, 4) is 0 Å².